The van der Waals surface area contributed by atoms with Crippen LogP contribution in [0.4, 0.5) is 5.69 Å². The normalized spacial score (nSPS) is 18.0. The Morgan fingerprint density at radius 1 is 1.00 bits per heavy atom. The summed E-state index contributed by atoms with van der Waals surface area (Å²) in [6.45, 7) is 1.90. The highest BCUT2D eigenvalue weighted by Crippen LogP contribution is 2.42. The number of hydrogen-bond acceptors (Lipinski definition) is 5. The van der Waals surface area contributed by atoms with Gasteiger partial charge in [-0.1, -0.05) is 57.9 Å². The molecule has 1 saturated heterocycles. The van der Waals surface area contributed by atoms with Gasteiger partial charge in [-0.05, 0) is 48.9 Å². The van der Waals surface area contributed by atoms with Crippen molar-refractivity contribution in [1.82, 2.24) is 0 Å². The molecule has 1 aliphatic heterocycles. The Balaban J connectivity index is 1.92. The number of nitrogens with zero attached hydrogens (tertiary/aromatic N) is 1. The molecule has 0 aliphatic carbocycles. The number of halogens is 1. The van der Waals surface area contributed by atoms with Gasteiger partial charge in [-0.2, -0.15) is 0 Å². The average Bonchev–Trinajstić information content (AvgIpc) is 3.04. The van der Waals surface area contributed by atoms with Gasteiger partial charge in [0.15, 0.2) is 0 Å². The highest BCUT2D eigenvalue weighted by molar-refractivity contribution is 9.10. The molecule has 33 heavy (non-hydrogen) atoms. The lowest BCUT2D eigenvalue weighted by molar-refractivity contribution is -0.132. The molecule has 1 heterocycles. The van der Waals surface area contributed by atoms with Crippen molar-refractivity contribution in [3.63, 3.8) is 0 Å². The third-order valence-corrected chi connectivity index (χ3v) is 6.80. The molecule has 0 spiro atoms. The maximum atomic E-state index is 13.1. The second-order valence-corrected chi connectivity index (χ2v) is 10.1. The lowest BCUT2D eigenvalue weighted by Gasteiger charge is -2.25. The first-order valence-electron chi connectivity index (χ1n) is 9.84. The van der Waals surface area contributed by atoms with Crippen LogP contribution in [0.25, 0.3) is 5.76 Å². The fourth-order valence-corrected chi connectivity index (χ4v) is 4.69. The minimum atomic E-state index is -3.93. The van der Waals surface area contributed by atoms with E-state index in [1.807, 2.05) is 6.92 Å². The molecule has 0 aromatic heterocycles. The van der Waals surface area contributed by atoms with E-state index in [-0.39, 0.29) is 21.9 Å². The van der Waals surface area contributed by atoms with Gasteiger partial charge < -0.3 is 5.11 Å². The Morgan fingerprint density at radius 3 is 2.21 bits per heavy atom. The van der Waals surface area contributed by atoms with E-state index < -0.39 is 27.8 Å². The summed E-state index contributed by atoms with van der Waals surface area (Å²) < 4.78 is 24.0. The van der Waals surface area contributed by atoms with Crippen molar-refractivity contribution in [2.75, 3.05) is 4.90 Å². The molecule has 1 amide bonds. The third kappa shape index (κ3) is 4.35. The molecule has 4 rings (SSSR count). The fraction of sp³-hybridized carbons (Fsp3) is 0.0833. The first kappa shape index (κ1) is 22.9. The summed E-state index contributed by atoms with van der Waals surface area (Å²) in [4.78, 5) is 27.4. The van der Waals surface area contributed by atoms with Crippen LogP contribution in [-0.4, -0.2) is 25.2 Å². The van der Waals surface area contributed by atoms with Crippen molar-refractivity contribution in [2.45, 2.75) is 17.9 Å². The highest BCUT2D eigenvalue weighted by Gasteiger charge is 2.47. The van der Waals surface area contributed by atoms with Crippen LogP contribution in [0.1, 0.15) is 22.7 Å². The van der Waals surface area contributed by atoms with Gasteiger partial charge in [-0.3, -0.25) is 14.5 Å². The van der Waals surface area contributed by atoms with E-state index in [0.717, 1.165) is 10.0 Å². The van der Waals surface area contributed by atoms with E-state index in [1.54, 1.807) is 48.5 Å². The topological polar surface area (TPSA) is 118 Å². The van der Waals surface area contributed by atoms with Gasteiger partial charge in [-0.25, -0.2) is 13.6 Å². The average molecular weight is 527 g/mol. The number of sulfonamides is 1. The Labute approximate surface area is 199 Å². The van der Waals surface area contributed by atoms with Gasteiger partial charge in [0.1, 0.15) is 5.76 Å². The van der Waals surface area contributed by atoms with Crippen LogP contribution in [-0.2, 0) is 19.6 Å². The van der Waals surface area contributed by atoms with Crippen LogP contribution < -0.4 is 10.0 Å². The standard InChI is InChI=1S/C24H19BrN2O5S/c1-14-5-7-15(8-6-14)22(28)20-21(16-3-2-4-17(25)13-16)27(24(30)23(20)29)18-9-11-19(12-10-18)33(26,31)32/h2-13,21,28H,1H3,(H2,26,31,32)/b22-20-. The molecule has 1 atom stereocenters. The molecule has 1 unspecified atom stereocenters. The van der Waals surface area contributed by atoms with E-state index in [0.29, 0.717) is 11.1 Å². The molecule has 0 bridgehead atoms. The van der Waals surface area contributed by atoms with Gasteiger partial charge in [0.05, 0.1) is 16.5 Å². The van der Waals surface area contributed by atoms with Gasteiger partial charge >= 0.3 is 0 Å². The lowest BCUT2D eigenvalue weighted by Crippen LogP contribution is -2.29. The third-order valence-electron chi connectivity index (χ3n) is 5.38. The Bertz CT molecular complexity index is 1400. The molecule has 9 heteroatoms. The van der Waals surface area contributed by atoms with Gasteiger partial charge in [0.25, 0.3) is 11.7 Å². The number of primary sulfonamides is 1. The second kappa shape index (κ2) is 8.58. The number of benzene rings is 3. The van der Waals surface area contributed by atoms with Crippen LogP contribution in [0.3, 0.4) is 0 Å². The minimum Gasteiger partial charge on any atom is -0.507 e. The SMILES string of the molecule is Cc1ccc(/C(O)=C2/C(=O)C(=O)N(c3ccc(S(N)(=O)=O)cc3)C2c2cccc(Br)c2)cc1. The number of carbonyl (C=O) groups excluding carboxylic acids is 2. The van der Waals surface area contributed by atoms with Gasteiger partial charge in [-0.15, -0.1) is 0 Å². The van der Waals surface area contributed by atoms with Crippen molar-refractivity contribution < 1.29 is 23.1 Å². The van der Waals surface area contributed by atoms with Crippen molar-refractivity contribution in [3.05, 3.63) is 99.5 Å². The Kier molecular flexibility index (Phi) is 5.96. The molecular weight excluding hydrogens is 508 g/mol. The van der Waals surface area contributed by atoms with Crippen molar-refractivity contribution in [2.24, 2.45) is 5.14 Å². The lowest BCUT2D eigenvalue weighted by atomic mass is 9.95. The fourth-order valence-electron chi connectivity index (χ4n) is 3.75. The number of carbonyl (C=O) groups is 2. The summed E-state index contributed by atoms with van der Waals surface area (Å²) in [5, 5.41) is 16.3. The molecule has 3 aromatic rings. The molecule has 3 N–H and O–H groups in total. The molecule has 0 radical (unpaired) electrons. The zero-order valence-corrected chi connectivity index (χ0v) is 19.8. The number of Topliss-reactive ketones (excluding diaryl/α,β-unsaturated/α-hetero) is 1. The Morgan fingerprint density at radius 2 is 1.64 bits per heavy atom. The monoisotopic (exact) mass is 526 g/mol. The number of aliphatic hydroxyl groups excluding tert-OH is 1. The van der Waals surface area contributed by atoms with Crippen LogP contribution in [0.15, 0.2) is 87.7 Å². The predicted molar refractivity (Wildman–Crippen MR) is 128 cm³/mol. The number of anilines is 1. The molecule has 3 aromatic carbocycles. The minimum absolute atomic E-state index is 0.0579. The zero-order valence-electron chi connectivity index (χ0n) is 17.4. The summed E-state index contributed by atoms with van der Waals surface area (Å²) in [6.07, 6.45) is 0. The number of aryl methyl sites for hydroxylation is 1. The van der Waals surface area contributed by atoms with Crippen LogP contribution in [0, 0.1) is 6.92 Å². The van der Waals surface area contributed by atoms with Gasteiger partial charge in [0.2, 0.25) is 10.0 Å². The van der Waals surface area contributed by atoms with Crippen LogP contribution >= 0.6 is 15.9 Å². The number of hydrogen-bond donors (Lipinski definition) is 2. The number of rotatable bonds is 4. The Hall–Kier alpha value is -3.27. The molecule has 1 fully saturated rings. The maximum absolute atomic E-state index is 13.1. The van der Waals surface area contributed by atoms with Crippen LogP contribution in [0.2, 0.25) is 0 Å². The van der Waals surface area contributed by atoms with E-state index in [2.05, 4.69) is 15.9 Å². The molecule has 1 aliphatic rings. The summed E-state index contributed by atoms with van der Waals surface area (Å²) in [5.41, 5.74) is 2.20. The molecule has 168 valence electrons. The maximum Gasteiger partial charge on any atom is 0.300 e. The van der Waals surface area contributed by atoms with Crippen molar-refractivity contribution in [1.29, 1.82) is 0 Å². The largest absolute Gasteiger partial charge is 0.507 e. The molecular formula is C24H19BrN2O5S. The van der Waals surface area contributed by atoms with Crippen LogP contribution in [0.5, 0.6) is 0 Å². The van der Waals surface area contributed by atoms with E-state index >= 15 is 0 Å². The summed E-state index contributed by atoms with van der Waals surface area (Å²) in [5.74, 6) is -1.97. The first-order chi connectivity index (χ1) is 15.6. The summed E-state index contributed by atoms with van der Waals surface area (Å²) in [6, 6.07) is 18.4. The zero-order chi connectivity index (χ0) is 23.9. The summed E-state index contributed by atoms with van der Waals surface area (Å²) >= 11 is 3.41. The van der Waals surface area contributed by atoms with Crippen molar-refractivity contribution >= 4 is 49.1 Å². The van der Waals surface area contributed by atoms with Crippen molar-refractivity contribution in [3.8, 4) is 0 Å². The molecule has 7 nitrogen and oxygen atoms in total. The number of amides is 1. The van der Waals surface area contributed by atoms with Gasteiger partial charge in [0, 0.05) is 15.7 Å². The summed E-state index contributed by atoms with van der Waals surface area (Å²) in [7, 11) is -3.93. The number of ketones is 1. The second-order valence-electron chi connectivity index (χ2n) is 7.63. The first-order valence-corrected chi connectivity index (χ1v) is 12.2. The quantitative estimate of drug-likeness (QED) is 0.302. The van der Waals surface area contributed by atoms with E-state index in [9.17, 15) is 23.1 Å². The predicted octanol–water partition coefficient (Wildman–Crippen LogP) is 4.03. The smallest absolute Gasteiger partial charge is 0.300 e. The molecule has 0 saturated carbocycles. The number of nitrogens with two attached hydrogens (primary N) is 1. The van der Waals surface area contributed by atoms with E-state index in [1.165, 1.54) is 29.2 Å². The van der Waals surface area contributed by atoms with E-state index in [4.69, 9.17) is 5.14 Å². The number of aliphatic hydroxyl groups is 1. The highest BCUT2D eigenvalue weighted by atomic mass is 79.9.